The van der Waals surface area contributed by atoms with Gasteiger partial charge in [0.25, 0.3) is 5.91 Å². The van der Waals surface area contributed by atoms with Crippen LogP contribution in [-0.4, -0.2) is 60.2 Å². The first-order valence-corrected chi connectivity index (χ1v) is 10.1. The monoisotopic (exact) mass is 437 g/mol. The summed E-state index contributed by atoms with van der Waals surface area (Å²) < 4.78 is 23.4. The van der Waals surface area contributed by atoms with Crippen LogP contribution in [0.3, 0.4) is 0 Å². The maximum Gasteiger partial charge on any atom is 0.316 e. The molecule has 3 rings (SSSR count). The fraction of sp³-hybridized carbons (Fsp3) is 0.450. The molecule has 2 heterocycles. The number of aromatic nitrogens is 2. The van der Waals surface area contributed by atoms with Gasteiger partial charge in [0.15, 0.2) is 11.6 Å². The van der Waals surface area contributed by atoms with Gasteiger partial charge in [-0.15, -0.1) is 0 Å². The molecule has 0 atom stereocenters. The average molecular weight is 438 g/mol. The zero-order valence-electron chi connectivity index (χ0n) is 16.7. The summed E-state index contributed by atoms with van der Waals surface area (Å²) in [7, 11) is 1.47. The van der Waals surface area contributed by atoms with Crippen LogP contribution in [0.4, 0.5) is 10.1 Å². The van der Waals surface area contributed by atoms with E-state index >= 15 is 0 Å². The number of carbonyl (C=O) groups excluding carboxylic acids is 1. The number of amides is 1. The molecule has 1 aliphatic heterocycles. The van der Waals surface area contributed by atoms with E-state index in [-0.39, 0.29) is 18.0 Å². The van der Waals surface area contributed by atoms with Crippen LogP contribution in [-0.2, 0) is 0 Å². The maximum atomic E-state index is 12.8. The number of methoxy groups -OCH3 is 1. The van der Waals surface area contributed by atoms with Crippen molar-refractivity contribution < 1.29 is 18.7 Å². The lowest BCUT2D eigenvalue weighted by molar-refractivity contribution is 0.0906. The molecular formula is C20H25ClFN5O3. The van der Waals surface area contributed by atoms with Gasteiger partial charge in [-0.05, 0) is 31.4 Å². The third kappa shape index (κ3) is 5.93. The second kappa shape index (κ2) is 10.4. The molecule has 1 fully saturated rings. The predicted octanol–water partition coefficient (Wildman–Crippen LogP) is 2.52. The Labute approximate surface area is 179 Å². The molecule has 8 nitrogen and oxygen atoms in total. The highest BCUT2D eigenvalue weighted by atomic mass is 35.5. The molecular weight excluding hydrogens is 413 g/mol. The number of anilines is 1. The van der Waals surface area contributed by atoms with Gasteiger partial charge in [-0.1, -0.05) is 11.6 Å². The quantitative estimate of drug-likeness (QED) is 0.483. The summed E-state index contributed by atoms with van der Waals surface area (Å²) in [5, 5.41) is 3.44. The summed E-state index contributed by atoms with van der Waals surface area (Å²) in [6.07, 6.45) is 4.64. The smallest absolute Gasteiger partial charge is 0.316 e. The van der Waals surface area contributed by atoms with Crippen LogP contribution in [0.5, 0.6) is 11.8 Å². The Morgan fingerprint density at radius 2 is 2.03 bits per heavy atom. The topological polar surface area (TPSA) is 103 Å². The first kappa shape index (κ1) is 22.0. The molecule has 2 aromatic rings. The van der Waals surface area contributed by atoms with E-state index in [0.29, 0.717) is 28.6 Å². The summed E-state index contributed by atoms with van der Waals surface area (Å²) in [6, 6.07) is 3.37. The Kier molecular flexibility index (Phi) is 7.64. The fourth-order valence-electron chi connectivity index (χ4n) is 3.40. The molecule has 1 aromatic carbocycles. The number of ether oxygens (including phenoxy) is 2. The van der Waals surface area contributed by atoms with Crippen LogP contribution in [0.25, 0.3) is 0 Å². The molecule has 0 spiro atoms. The fourth-order valence-corrected chi connectivity index (χ4v) is 3.63. The van der Waals surface area contributed by atoms with E-state index in [4.69, 9.17) is 26.8 Å². The average Bonchev–Trinajstić information content (AvgIpc) is 2.73. The molecule has 0 radical (unpaired) electrons. The van der Waals surface area contributed by atoms with Crippen molar-refractivity contribution in [3.8, 4) is 11.8 Å². The van der Waals surface area contributed by atoms with Crippen LogP contribution < -0.4 is 20.5 Å². The highest BCUT2D eigenvalue weighted by Crippen LogP contribution is 2.30. The van der Waals surface area contributed by atoms with Gasteiger partial charge in [0, 0.05) is 30.7 Å². The van der Waals surface area contributed by atoms with Crippen molar-refractivity contribution in [2.75, 3.05) is 39.1 Å². The third-order valence-corrected chi connectivity index (χ3v) is 5.12. The molecule has 3 N–H and O–H groups in total. The molecule has 1 aliphatic rings. The number of likely N-dealkylation sites (tertiary alicyclic amines) is 1. The van der Waals surface area contributed by atoms with Crippen molar-refractivity contribution in [2.45, 2.75) is 25.3 Å². The van der Waals surface area contributed by atoms with E-state index in [2.05, 4.69) is 20.2 Å². The van der Waals surface area contributed by atoms with E-state index < -0.39 is 5.82 Å². The van der Waals surface area contributed by atoms with Crippen molar-refractivity contribution in [2.24, 2.45) is 0 Å². The molecule has 1 aromatic heterocycles. The highest BCUT2D eigenvalue weighted by molar-refractivity contribution is 6.31. The van der Waals surface area contributed by atoms with Crippen LogP contribution in [0.2, 0.25) is 5.02 Å². The normalized spacial score (nSPS) is 15.0. The van der Waals surface area contributed by atoms with Gasteiger partial charge in [0.2, 0.25) is 0 Å². The number of rotatable bonds is 8. The molecule has 162 valence electrons. The summed E-state index contributed by atoms with van der Waals surface area (Å²) in [5.74, 6) is -0.402. The standard InChI is InChI=1S/C20H25ClFN5O3/c1-29-18-16(9-13(21)10-17(18)23)19(28)26-15-3-6-27(7-4-15)5-2-8-30-20-24-11-14(22)12-25-20/h9-12,15H,2-8,23H2,1H3,(H,26,28). The second-order valence-electron chi connectivity index (χ2n) is 7.05. The number of nitrogen functional groups attached to an aromatic ring is 1. The van der Waals surface area contributed by atoms with Gasteiger partial charge in [-0.2, -0.15) is 0 Å². The lowest BCUT2D eigenvalue weighted by Gasteiger charge is -2.32. The zero-order chi connectivity index (χ0) is 21.5. The summed E-state index contributed by atoms with van der Waals surface area (Å²) in [6.45, 7) is 3.05. The number of nitrogens with one attached hydrogen (secondary N) is 1. The van der Waals surface area contributed by atoms with Crippen molar-refractivity contribution in [3.05, 3.63) is 40.9 Å². The Morgan fingerprint density at radius 1 is 1.33 bits per heavy atom. The summed E-state index contributed by atoms with van der Waals surface area (Å²) in [4.78, 5) is 22.5. The largest absolute Gasteiger partial charge is 0.494 e. The molecule has 0 aliphatic carbocycles. The van der Waals surface area contributed by atoms with Crippen LogP contribution in [0, 0.1) is 5.82 Å². The van der Waals surface area contributed by atoms with Crippen LogP contribution in [0.1, 0.15) is 29.6 Å². The summed E-state index contributed by atoms with van der Waals surface area (Å²) >= 11 is 6.03. The molecule has 0 unspecified atom stereocenters. The first-order valence-electron chi connectivity index (χ1n) is 9.73. The van der Waals surface area contributed by atoms with E-state index in [0.717, 1.165) is 51.3 Å². The van der Waals surface area contributed by atoms with Crippen molar-refractivity contribution >= 4 is 23.2 Å². The second-order valence-corrected chi connectivity index (χ2v) is 7.49. The van der Waals surface area contributed by atoms with Crippen LogP contribution in [0.15, 0.2) is 24.5 Å². The number of piperidine rings is 1. The third-order valence-electron chi connectivity index (χ3n) is 4.90. The predicted molar refractivity (Wildman–Crippen MR) is 111 cm³/mol. The number of nitrogens with two attached hydrogens (primary N) is 1. The number of hydrogen-bond donors (Lipinski definition) is 2. The number of benzene rings is 1. The molecule has 0 saturated carbocycles. The Morgan fingerprint density at radius 3 is 2.70 bits per heavy atom. The minimum Gasteiger partial charge on any atom is -0.494 e. The maximum absolute atomic E-state index is 12.8. The number of hydrogen-bond acceptors (Lipinski definition) is 7. The van der Waals surface area contributed by atoms with Crippen LogP contribution >= 0.6 is 11.6 Å². The lowest BCUT2D eigenvalue weighted by Crippen LogP contribution is -2.45. The lowest BCUT2D eigenvalue weighted by atomic mass is 10.0. The minimum absolute atomic E-state index is 0.0718. The van der Waals surface area contributed by atoms with Gasteiger partial charge < -0.3 is 25.4 Å². The Balaban J connectivity index is 1.40. The van der Waals surface area contributed by atoms with E-state index in [1.807, 2.05) is 0 Å². The molecule has 10 heteroatoms. The minimum atomic E-state index is -0.491. The van der Waals surface area contributed by atoms with Gasteiger partial charge in [0.05, 0.1) is 37.4 Å². The summed E-state index contributed by atoms with van der Waals surface area (Å²) in [5.41, 5.74) is 6.56. The Bertz CT molecular complexity index is 860. The van der Waals surface area contributed by atoms with Gasteiger partial charge in [-0.3, -0.25) is 4.79 Å². The molecule has 0 bridgehead atoms. The molecule has 1 saturated heterocycles. The van der Waals surface area contributed by atoms with Gasteiger partial charge in [-0.25, -0.2) is 14.4 Å². The van der Waals surface area contributed by atoms with Crippen molar-refractivity contribution in [3.63, 3.8) is 0 Å². The van der Waals surface area contributed by atoms with Crippen molar-refractivity contribution in [1.82, 2.24) is 20.2 Å². The van der Waals surface area contributed by atoms with E-state index in [9.17, 15) is 9.18 Å². The van der Waals surface area contributed by atoms with E-state index in [1.54, 1.807) is 12.1 Å². The highest BCUT2D eigenvalue weighted by Gasteiger charge is 2.23. The van der Waals surface area contributed by atoms with E-state index in [1.165, 1.54) is 7.11 Å². The van der Waals surface area contributed by atoms with Crippen molar-refractivity contribution in [1.29, 1.82) is 0 Å². The molecule has 30 heavy (non-hydrogen) atoms. The zero-order valence-corrected chi connectivity index (χ0v) is 17.5. The number of halogens is 2. The van der Waals surface area contributed by atoms with Gasteiger partial charge >= 0.3 is 6.01 Å². The number of carbonyl (C=O) groups is 1. The Hall–Kier alpha value is -2.65. The SMILES string of the molecule is COc1c(N)cc(Cl)cc1C(=O)NC1CCN(CCCOc2ncc(F)cn2)CC1. The first-order chi connectivity index (χ1) is 14.5. The molecule has 1 amide bonds. The van der Waals surface area contributed by atoms with Gasteiger partial charge in [0.1, 0.15) is 0 Å². The number of nitrogens with zero attached hydrogens (tertiary/aromatic N) is 3.